The molecular weight excluding hydrogens is 451 g/mol. The van der Waals surface area contributed by atoms with Gasteiger partial charge < -0.3 is 15.5 Å². The smallest absolute Gasteiger partial charge is 0.191 e. The topological polar surface area (TPSA) is 57.5 Å². The van der Waals surface area contributed by atoms with Crippen molar-refractivity contribution in [2.24, 2.45) is 18.0 Å². The maximum absolute atomic E-state index is 4.79. The number of guanidine groups is 1. The summed E-state index contributed by atoms with van der Waals surface area (Å²) in [6, 6.07) is 0.310. The summed E-state index contributed by atoms with van der Waals surface area (Å²) in [6.07, 6.45) is 3.60. The first kappa shape index (κ1) is 24.2. The predicted molar refractivity (Wildman–Crippen MR) is 125 cm³/mol. The zero-order chi connectivity index (χ0) is 19.1. The molecule has 1 aliphatic rings. The Kier molecular flexibility index (Phi) is 10.7. The molecule has 156 valence electrons. The van der Waals surface area contributed by atoms with E-state index >= 15 is 0 Å². The van der Waals surface area contributed by atoms with Crippen molar-refractivity contribution in [2.75, 3.05) is 32.7 Å². The second kappa shape index (κ2) is 11.9. The van der Waals surface area contributed by atoms with Crippen LogP contribution in [0.3, 0.4) is 0 Å². The fourth-order valence-corrected chi connectivity index (χ4v) is 3.61. The normalized spacial score (nSPS) is 17.5. The summed E-state index contributed by atoms with van der Waals surface area (Å²) < 4.78 is 1.97. The first-order valence-corrected chi connectivity index (χ1v) is 10.2. The lowest BCUT2D eigenvalue weighted by Crippen LogP contribution is -2.43. The minimum absolute atomic E-state index is 0. The molecule has 2 rings (SSSR count). The maximum Gasteiger partial charge on any atom is 0.191 e. The van der Waals surface area contributed by atoms with Gasteiger partial charge in [-0.2, -0.15) is 5.10 Å². The fourth-order valence-electron chi connectivity index (χ4n) is 3.61. The molecule has 1 aromatic rings. The lowest BCUT2D eigenvalue weighted by atomic mass is 9.99. The van der Waals surface area contributed by atoms with Gasteiger partial charge >= 0.3 is 0 Å². The van der Waals surface area contributed by atoms with Gasteiger partial charge in [0.1, 0.15) is 0 Å². The van der Waals surface area contributed by atoms with Gasteiger partial charge in [0.2, 0.25) is 0 Å². The molecule has 0 spiro atoms. The Labute approximate surface area is 182 Å². The number of aliphatic imine (C=N–C) groups is 1. The van der Waals surface area contributed by atoms with Gasteiger partial charge in [-0.05, 0) is 71.5 Å². The molecule has 6 nitrogen and oxygen atoms in total. The molecule has 1 atom stereocenters. The van der Waals surface area contributed by atoms with E-state index in [4.69, 9.17) is 4.99 Å². The van der Waals surface area contributed by atoms with Crippen LogP contribution in [-0.2, 0) is 13.5 Å². The number of aromatic nitrogens is 2. The molecule has 1 aliphatic heterocycles. The van der Waals surface area contributed by atoms with Crippen molar-refractivity contribution in [3.8, 4) is 0 Å². The van der Waals surface area contributed by atoms with Crippen LogP contribution < -0.4 is 10.6 Å². The van der Waals surface area contributed by atoms with Crippen LogP contribution in [0.15, 0.2) is 4.99 Å². The lowest BCUT2D eigenvalue weighted by Gasteiger charge is -2.29. The van der Waals surface area contributed by atoms with Crippen molar-refractivity contribution < 1.29 is 0 Å². The number of aryl methyl sites for hydroxylation is 2. The lowest BCUT2D eigenvalue weighted by molar-refractivity contribution is 0.197. The highest BCUT2D eigenvalue weighted by molar-refractivity contribution is 14.0. The molecule has 1 unspecified atom stereocenters. The van der Waals surface area contributed by atoms with Crippen LogP contribution in [0.25, 0.3) is 0 Å². The minimum Gasteiger partial charge on any atom is -0.357 e. The minimum atomic E-state index is 0. The van der Waals surface area contributed by atoms with Crippen LogP contribution in [0.2, 0.25) is 0 Å². The molecule has 2 N–H and O–H groups in total. The van der Waals surface area contributed by atoms with E-state index in [9.17, 15) is 0 Å². The SMILES string of the molecule is CCNC(=NCCN1CCC(C)CC1)NC(C)Cc1c(C)nn(C)c1C.I. The summed E-state index contributed by atoms with van der Waals surface area (Å²) in [5, 5.41) is 11.5. The summed E-state index contributed by atoms with van der Waals surface area (Å²) in [7, 11) is 2.01. The highest BCUT2D eigenvalue weighted by Crippen LogP contribution is 2.15. The second-order valence-corrected chi connectivity index (χ2v) is 7.81. The first-order chi connectivity index (χ1) is 12.4. The third-order valence-electron chi connectivity index (χ3n) is 5.46. The number of nitrogens with one attached hydrogen (secondary N) is 2. The molecule has 1 fully saturated rings. The quantitative estimate of drug-likeness (QED) is 0.351. The standard InChI is InChI=1S/C20H38N6.HI/c1-7-21-20(22-10-13-26-11-8-15(2)9-12-26)23-16(3)14-19-17(4)24-25(6)18(19)5;/h15-16H,7-14H2,1-6H3,(H2,21,22,23);1H. The van der Waals surface area contributed by atoms with Gasteiger partial charge in [-0.25, -0.2) is 0 Å². The highest BCUT2D eigenvalue weighted by Gasteiger charge is 2.16. The van der Waals surface area contributed by atoms with Crippen molar-refractivity contribution in [3.05, 3.63) is 17.0 Å². The average molecular weight is 490 g/mol. The molecule has 0 bridgehead atoms. The van der Waals surface area contributed by atoms with Crippen LogP contribution in [0.1, 0.15) is 50.6 Å². The van der Waals surface area contributed by atoms with Gasteiger partial charge in [0.15, 0.2) is 5.96 Å². The average Bonchev–Trinajstić information content (AvgIpc) is 2.83. The van der Waals surface area contributed by atoms with Crippen LogP contribution >= 0.6 is 24.0 Å². The zero-order valence-corrected chi connectivity index (χ0v) is 20.3. The molecule has 2 heterocycles. The Morgan fingerprint density at radius 2 is 1.96 bits per heavy atom. The number of nitrogens with zero attached hydrogens (tertiary/aromatic N) is 4. The van der Waals surface area contributed by atoms with Gasteiger partial charge in [0, 0.05) is 31.9 Å². The van der Waals surface area contributed by atoms with E-state index in [0.29, 0.717) is 6.04 Å². The highest BCUT2D eigenvalue weighted by atomic mass is 127. The number of rotatable bonds is 7. The molecule has 7 heteroatoms. The van der Waals surface area contributed by atoms with E-state index in [1.165, 1.54) is 37.2 Å². The number of hydrogen-bond acceptors (Lipinski definition) is 3. The number of hydrogen-bond donors (Lipinski definition) is 2. The summed E-state index contributed by atoms with van der Waals surface area (Å²) >= 11 is 0. The number of halogens is 1. The van der Waals surface area contributed by atoms with Crippen LogP contribution in [-0.4, -0.2) is 59.4 Å². The fraction of sp³-hybridized carbons (Fsp3) is 0.800. The Bertz CT molecular complexity index is 590. The van der Waals surface area contributed by atoms with Crippen LogP contribution in [0, 0.1) is 19.8 Å². The molecular formula is C20H39IN6. The molecule has 1 aromatic heterocycles. The van der Waals surface area contributed by atoms with E-state index in [0.717, 1.165) is 43.6 Å². The van der Waals surface area contributed by atoms with E-state index in [2.05, 4.69) is 55.3 Å². The molecule has 0 saturated carbocycles. The zero-order valence-electron chi connectivity index (χ0n) is 18.0. The Morgan fingerprint density at radius 3 is 2.52 bits per heavy atom. The third-order valence-corrected chi connectivity index (χ3v) is 5.46. The number of piperidine rings is 1. The van der Waals surface area contributed by atoms with Gasteiger partial charge in [0.05, 0.1) is 12.2 Å². The van der Waals surface area contributed by atoms with Crippen molar-refractivity contribution in [1.82, 2.24) is 25.3 Å². The molecule has 0 amide bonds. The Morgan fingerprint density at radius 1 is 1.30 bits per heavy atom. The third kappa shape index (κ3) is 7.60. The van der Waals surface area contributed by atoms with Gasteiger partial charge in [-0.3, -0.25) is 9.67 Å². The van der Waals surface area contributed by atoms with E-state index in [1.54, 1.807) is 0 Å². The van der Waals surface area contributed by atoms with Gasteiger partial charge in [-0.1, -0.05) is 6.92 Å². The molecule has 0 aliphatic carbocycles. The van der Waals surface area contributed by atoms with Crippen LogP contribution in [0.5, 0.6) is 0 Å². The Hall–Kier alpha value is -0.830. The summed E-state index contributed by atoms with van der Waals surface area (Å²) in [4.78, 5) is 7.33. The summed E-state index contributed by atoms with van der Waals surface area (Å²) in [5.74, 6) is 1.80. The van der Waals surface area contributed by atoms with Crippen molar-refractivity contribution >= 4 is 29.9 Å². The maximum atomic E-state index is 4.79. The van der Waals surface area contributed by atoms with E-state index in [1.807, 2.05) is 11.7 Å². The van der Waals surface area contributed by atoms with Crippen LogP contribution in [0.4, 0.5) is 0 Å². The van der Waals surface area contributed by atoms with Crippen molar-refractivity contribution in [1.29, 1.82) is 0 Å². The number of likely N-dealkylation sites (tertiary alicyclic amines) is 1. The predicted octanol–water partition coefficient (Wildman–Crippen LogP) is 2.87. The molecule has 0 aromatic carbocycles. The molecule has 0 radical (unpaired) electrons. The second-order valence-electron chi connectivity index (χ2n) is 7.81. The van der Waals surface area contributed by atoms with Gasteiger partial charge in [0.25, 0.3) is 0 Å². The van der Waals surface area contributed by atoms with E-state index < -0.39 is 0 Å². The summed E-state index contributed by atoms with van der Waals surface area (Å²) in [6.45, 7) is 16.1. The summed E-state index contributed by atoms with van der Waals surface area (Å²) in [5.41, 5.74) is 3.71. The van der Waals surface area contributed by atoms with Crippen molar-refractivity contribution in [3.63, 3.8) is 0 Å². The molecule has 1 saturated heterocycles. The van der Waals surface area contributed by atoms with E-state index in [-0.39, 0.29) is 24.0 Å². The Balaban J connectivity index is 0.00000364. The van der Waals surface area contributed by atoms with Crippen molar-refractivity contribution in [2.45, 2.75) is 59.9 Å². The molecule has 27 heavy (non-hydrogen) atoms. The first-order valence-electron chi connectivity index (χ1n) is 10.2. The van der Waals surface area contributed by atoms with Gasteiger partial charge in [-0.15, -0.1) is 24.0 Å². The monoisotopic (exact) mass is 490 g/mol. The largest absolute Gasteiger partial charge is 0.357 e.